The predicted octanol–water partition coefficient (Wildman–Crippen LogP) is 2.84. The summed E-state index contributed by atoms with van der Waals surface area (Å²) in [7, 11) is 0. The maximum Gasteiger partial charge on any atom is 0.231 e. The topological polar surface area (TPSA) is 50.7 Å². The van der Waals surface area contributed by atoms with Crippen molar-refractivity contribution < 1.29 is 23.4 Å². The minimum absolute atomic E-state index is 0.157. The molecule has 2 aromatic carbocycles. The van der Waals surface area contributed by atoms with E-state index in [-0.39, 0.29) is 13.3 Å². The van der Waals surface area contributed by atoms with E-state index in [4.69, 9.17) is 9.47 Å². The van der Waals surface area contributed by atoms with E-state index in [0.29, 0.717) is 17.1 Å². The van der Waals surface area contributed by atoms with Crippen LogP contribution in [0.1, 0.15) is 11.7 Å². The van der Waals surface area contributed by atoms with Crippen LogP contribution in [0.25, 0.3) is 0 Å². The van der Waals surface area contributed by atoms with Gasteiger partial charge in [0.25, 0.3) is 0 Å². The number of benzene rings is 2. The Kier molecular flexibility index (Phi) is 3.62. The fraction of sp³-hybridized carbons (Fsp3) is 0.200. The van der Waals surface area contributed by atoms with Crippen molar-refractivity contribution in [3.05, 3.63) is 53.6 Å². The quantitative estimate of drug-likeness (QED) is 0.910. The summed E-state index contributed by atoms with van der Waals surface area (Å²) >= 11 is 0. The zero-order valence-corrected chi connectivity index (χ0v) is 11.0. The molecule has 0 saturated carbocycles. The van der Waals surface area contributed by atoms with Crippen LogP contribution in [-0.2, 0) is 0 Å². The number of fused-ring (bicyclic) bond motifs is 1. The third kappa shape index (κ3) is 2.90. The van der Waals surface area contributed by atoms with Crippen molar-refractivity contribution in [3.8, 4) is 11.5 Å². The number of aliphatic hydroxyl groups excluding tert-OH is 1. The van der Waals surface area contributed by atoms with Gasteiger partial charge in [-0.25, -0.2) is 8.78 Å². The van der Waals surface area contributed by atoms with E-state index in [2.05, 4.69) is 5.32 Å². The standard InChI is InChI=1S/C15H13F2NO3/c16-11-3-1-9(5-12(11)17)13(19)7-18-10-2-4-14-15(6-10)21-8-20-14/h1-6,13,18-19H,7-8H2. The summed E-state index contributed by atoms with van der Waals surface area (Å²) in [5.41, 5.74) is 1.04. The molecule has 3 rings (SSSR count). The van der Waals surface area contributed by atoms with E-state index in [0.717, 1.165) is 17.8 Å². The molecule has 0 spiro atoms. The zero-order chi connectivity index (χ0) is 14.8. The van der Waals surface area contributed by atoms with Gasteiger partial charge in [0.2, 0.25) is 6.79 Å². The Balaban J connectivity index is 1.65. The average molecular weight is 293 g/mol. The Morgan fingerprint density at radius 1 is 1.05 bits per heavy atom. The van der Waals surface area contributed by atoms with Gasteiger partial charge in [0.05, 0.1) is 6.10 Å². The van der Waals surface area contributed by atoms with Crippen LogP contribution in [0.15, 0.2) is 36.4 Å². The number of nitrogens with one attached hydrogen (secondary N) is 1. The van der Waals surface area contributed by atoms with Gasteiger partial charge in [-0.1, -0.05) is 6.07 Å². The Hall–Kier alpha value is -2.34. The highest BCUT2D eigenvalue weighted by molar-refractivity contribution is 5.55. The predicted molar refractivity (Wildman–Crippen MR) is 72.4 cm³/mol. The van der Waals surface area contributed by atoms with Crippen LogP contribution in [-0.4, -0.2) is 18.4 Å². The first-order chi connectivity index (χ1) is 10.1. The number of anilines is 1. The summed E-state index contributed by atoms with van der Waals surface area (Å²) < 4.78 is 36.4. The molecule has 1 aliphatic rings. The lowest BCUT2D eigenvalue weighted by atomic mass is 10.1. The van der Waals surface area contributed by atoms with E-state index < -0.39 is 17.7 Å². The van der Waals surface area contributed by atoms with Crippen molar-refractivity contribution in [2.24, 2.45) is 0 Å². The Morgan fingerprint density at radius 2 is 1.86 bits per heavy atom. The molecule has 0 saturated heterocycles. The molecule has 2 N–H and O–H groups in total. The van der Waals surface area contributed by atoms with Gasteiger partial charge in [-0.05, 0) is 29.8 Å². The highest BCUT2D eigenvalue weighted by Gasteiger charge is 2.14. The lowest BCUT2D eigenvalue weighted by Crippen LogP contribution is -2.12. The summed E-state index contributed by atoms with van der Waals surface area (Å²) in [6, 6.07) is 8.63. The van der Waals surface area contributed by atoms with Crippen molar-refractivity contribution in [1.82, 2.24) is 0 Å². The molecule has 0 aromatic heterocycles. The summed E-state index contributed by atoms with van der Waals surface area (Å²) in [5.74, 6) is -0.617. The van der Waals surface area contributed by atoms with Crippen LogP contribution in [0.4, 0.5) is 14.5 Å². The number of ether oxygens (including phenoxy) is 2. The number of rotatable bonds is 4. The molecule has 0 bridgehead atoms. The molecule has 21 heavy (non-hydrogen) atoms. The summed E-state index contributed by atoms with van der Waals surface area (Å²) in [4.78, 5) is 0. The molecule has 1 atom stereocenters. The van der Waals surface area contributed by atoms with Crippen LogP contribution >= 0.6 is 0 Å². The molecular weight excluding hydrogens is 280 g/mol. The monoisotopic (exact) mass is 293 g/mol. The van der Waals surface area contributed by atoms with Crippen molar-refractivity contribution >= 4 is 5.69 Å². The van der Waals surface area contributed by atoms with E-state index in [1.54, 1.807) is 18.2 Å². The normalized spacial score (nSPS) is 14.0. The second-order valence-electron chi connectivity index (χ2n) is 4.64. The summed E-state index contributed by atoms with van der Waals surface area (Å²) in [6.45, 7) is 0.348. The van der Waals surface area contributed by atoms with Crippen molar-refractivity contribution in [2.45, 2.75) is 6.10 Å². The Bertz CT molecular complexity index is 663. The van der Waals surface area contributed by atoms with E-state index in [1.807, 2.05) is 0 Å². The fourth-order valence-corrected chi connectivity index (χ4v) is 2.06. The molecule has 0 radical (unpaired) electrons. The van der Waals surface area contributed by atoms with Gasteiger partial charge >= 0.3 is 0 Å². The molecule has 1 unspecified atom stereocenters. The van der Waals surface area contributed by atoms with Crippen LogP contribution in [0.5, 0.6) is 11.5 Å². The highest BCUT2D eigenvalue weighted by Crippen LogP contribution is 2.34. The van der Waals surface area contributed by atoms with E-state index >= 15 is 0 Å². The van der Waals surface area contributed by atoms with Gasteiger partial charge in [-0.2, -0.15) is 0 Å². The van der Waals surface area contributed by atoms with Gasteiger partial charge in [0, 0.05) is 18.3 Å². The summed E-state index contributed by atoms with van der Waals surface area (Å²) in [5, 5.41) is 13.0. The van der Waals surface area contributed by atoms with Crippen molar-refractivity contribution in [3.63, 3.8) is 0 Å². The van der Waals surface area contributed by atoms with Crippen LogP contribution in [0.2, 0.25) is 0 Å². The first kappa shape index (κ1) is 13.6. The van der Waals surface area contributed by atoms with E-state index in [9.17, 15) is 13.9 Å². The maximum atomic E-state index is 13.1. The van der Waals surface area contributed by atoms with Crippen molar-refractivity contribution in [2.75, 3.05) is 18.7 Å². The lowest BCUT2D eigenvalue weighted by molar-refractivity contribution is 0.174. The average Bonchev–Trinajstić information content (AvgIpc) is 2.95. The van der Waals surface area contributed by atoms with E-state index in [1.165, 1.54) is 6.07 Å². The first-order valence-electron chi connectivity index (χ1n) is 6.40. The van der Waals surface area contributed by atoms with Gasteiger partial charge in [-0.15, -0.1) is 0 Å². The van der Waals surface area contributed by atoms with Crippen molar-refractivity contribution in [1.29, 1.82) is 0 Å². The molecule has 4 nitrogen and oxygen atoms in total. The molecule has 0 fully saturated rings. The molecule has 1 heterocycles. The second-order valence-corrected chi connectivity index (χ2v) is 4.64. The lowest BCUT2D eigenvalue weighted by Gasteiger charge is -2.13. The Morgan fingerprint density at radius 3 is 2.67 bits per heavy atom. The molecule has 6 heteroatoms. The fourth-order valence-electron chi connectivity index (χ4n) is 2.06. The number of hydrogen-bond acceptors (Lipinski definition) is 4. The zero-order valence-electron chi connectivity index (χ0n) is 11.0. The third-order valence-electron chi connectivity index (χ3n) is 3.20. The smallest absolute Gasteiger partial charge is 0.231 e. The SMILES string of the molecule is OC(CNc1ccc2c(c1)OCO2)c1ccc(F)c(F)c1. The van der Waals surface area contributed by atoms with Crippen LogP contribution < -0.4 is 14.8 Å². The van der Waals surface area contributed by atoms with Gasteiger partial charge in [0.1, 0.15) is 0 Å². The van der Waals surface area contributed by atoms with Gasteiger partial charge in [-0.3, -0.25) is 0 Å². The number of halogens is 2. The number of aliphatic hydroxyl groups is 1. The molecule has 1 aliphatic heterocycles. The summed E-state index contributed by atoms with van der Waals surface area (Å²) in [6.07, 6.45) is -0.953. The number of hydrogen-bond donors (Lipinski definition) is 2. The molecule has 110 valence electrons. The first-order valence-corrected chi connectivity index (χ1v) is 6.40. The molecular formula is C15H13F2NO3. The largest absolute Gasteiger partial charge is 0.454 e. The maximum absolute atomic E-state index is 13.1. The molecule has 0 amide bonds. The van der Waals surface area contributed by atoms with Gasteiger partial charge in [0.15, 0.2) is 23.1 Å². The van der Waals surface area contributed by atoms with Crippen LogP contribution in [0, 0.1) is 11.6 Å². The molecule has 2 aromatic rings. The highest BCUT2D eigenvalue weighted by atomic mass is 19.2. The second kappa shape index (κ2) is 5.57. The Labute approximate surface area is 119 Å². The van der Waals surface area contributed by atoms with Crippen LogP contribution in [0.3, 0.4) is 0 Å². The third-order valence-corrected chi connectivity index (χ3v) is 3.20. The minimum Gasteiger partial charge on any atom is -0.454 e. The minimum atomic E-state index is -0.977. The van der Waals surface area contributed by atoms with Gasteiger partial charge < -0.3 is 19.9 Å². The molecule has 0 aliphatic carbocycles.